The molecule has 3 N–H and O–H groups in total. The molecule has 8 heteroatoms. The number of ether oxygens (including phenoxy) is 2. The highest BCUT2D eigenvalue weighted by Crippen LogP contribution is 2.18. The largest absolute Gasteiger partial charge is 0.494 e. The van der Waals surface area contributed by atoms with E-state index in [0.29, 0.717) is 24.3 Å². The van der Waals surface area contributed by atoms with Gasteiger partial charge in [0.1, 0.15) is 18.1 Å². The lowest BCUT2D eigenvalue weighted by Gasteiger charge is -2.15. The molecule has 0 bridgehead atoms. The van der Waals surface area contributed by atoms with Gasteiger partial charge < -0.3 is 20.5 Å². The van der Waals surface area contributed by atoms with E-state index in [1.807, 2.05) is 44.4 Å². The Balaban J connectivity index is 1.87. The second-order valence-electron chi connectivity index (χ2n) is 4.76. The van der Waals surface area contributed by atoms with Gasteiger partial charge in [0.25, 0.3) is 0 Å². The van der Waals surface area contributed by atoms with Crippen LogP contribution < -0.4 is 20.5 Å². The number of benzene rings is 1. The summed E-state index contributed by atoms with van der Waals surface area (Å²) in [5.41, 5.74) is 5.66. The third-order valence-electron chi connectivity index (χ3n) is 2.82. The highest BCUT2D eigenvalue weighted by Gasteiger charge is 2.08. The van der Waals surface area contributed by atoms with Gasteiger partial charge in [-0.05, 0) is 44.4 Å². The van der Waals surface area contributed by atoms with Crippen molar-refractivity contribution in [2.45, 2.75) is 25.0 Å². The second-order valence-corrected chi connectivity index (χ2v) is 5.54. The molecule has 1 atom stereocenters. The molecule has 23 heavy (non-hydrogen) atoms. The van der Waals surface area contributed by atoms with Crippen LogP contribution in [0.3, 0.4) is 0 Å². The minimum absolute atomic E-state index is 0.0121. The van der Waals surface area contributed by atoms with Crippen molar-refractivity contribution < 1.29 is 9.47 Å². The van der Waals surface area contributed by atoms with E-state index in [0.717, 1.165) is 11.5 Å². The summed E-state index contributed by atoms with van der Waals surface area (Å²) in [5.74, 6) is 2.26. The fraction of sp³-hybridized carbons (Fsp3) is 0.400. The maximum absolute atomic E-state index is 5.73. The molecule has 124 valence electrons. The monoisotopic (exact) mass is 335 g/mol. The molecule has 2 rings (SSSR count). The Morgan fingerprint density at radius 1 is 1.13 bits per heavy atom. The van der Waals surface area contributed by atoms with Crippen molar-refractivity contribution in [1.29, 1.82) is 0 Å². The molecule has 1 aromatic heterocycles. The van der Waals surface area contributed by atoms with Crippen LogP contribution in [0, 0.1) is 0 Å². The average Bonchev–Trinajstić information content (AvgIpc) is 2.54. The van der Waals surface area contributed by atoms with Gasteiger partial charge in [0.05, 0.1) is 12.6 Å². The quantitative estimate of drug-likeness (QED) is 0.710. The molecule has 0 saturated carbocycles. The smallest absolute Gasteiger partial charge is 0.228 e. The van der Waals surface area contributed by atoms with Gasteiger partial charge in [-0.15, -0.1) is 0 Å². The lowest BCUT2D eigenvalue weighted by Crippen LogP contribution is -2.25. The van der Waals surface area contributed by atoms with Gasteiger partial charge in [-0.1, -0.05) is 11.8 Å². The molecule has 0 spiro atoms. The van der Waals surface area contributed by atoms with Crippen molar-refractivity contribution in [3.8, 4) is 11.5 Å². The molecule has 1 unspecified atom stereocenters. The van der Waals surface area contributed by atoms with Crippen molar-refractivity contribution in [3.63, 3.8) is 0 Å². The molecule has 0 saturated heterocycles. The zero-order chi connectivity index (χ0) is 16.7. The van der Waals surface area contributed by atoms with Crippen LogP contribution in [0.25, 0.3) is 0 Å². The van der Waals surface area contributed by atoms with E-state index in [9.17, 15) is 0 Å². The molecular formula is C15H21N5O2S. The molecular weight excluding hydrogens is 314 g/mol. The van der Waals surface area contributed by atoms with E-state index in [4.69, 9.17) is 15.2 Å². The Morgan fingerprint density at radius 2 is 1.78 bits per heavy atom. The summed E-state index contributed by atoms with van der Waals surface area (Å²) in [6.07, 6.45) is 1.89. The summed E-state index contributed by atoms with van der Waals surface area (Å²) in [7, 11) is 0. The lowest BCUT2D eigenvalue weighted by atomic mass is 10.3. The van der Waals surface area contributed by atoms with Crippen LogP contribution in [-0.4, -0.2) is 40.5 Å². The fourth-order valence-corrected chi connectivity index (χ4v) is 2.17. The van der Waals surface area contributed by atoms with Crippen LogP contribution in [0.5, 0.6) is 11.5 Å². The zero-order valence-corrected chi connectivity index (χ0v) is 14.3. The zero-order valence-electron chi connectivity index (χ0n) is 13.4. The first-order chi connectivity index (χ1) is 11.1. The number of thioether (sulfide) groups is 1. The van der Waals surface area contributed by atoms with Crippen LogP contribution >= 0.6 is 11.8 Å². The van der Waals surface area contributed by atoms with Crippen LogP contribution in [0.4, 0.5) is 11.9 Å². The molecule has 1 heterocycles. The number of nitrogen functional groups attached to an aromatic ring is 1. The first-order valence-corrected chi connectivity index (χ1v) is 8.51. The van der Waals surface area contributed by atoms with Crippen LogP contribution in [0.15, 0.2) is 29.4 Å². The maximum atomic E-state index is 5.73. The predicted molar refractivity (Wildman–Crippen MR) is 92.2 cm³/mol. The molecule has 0 fully saturated rings. The first kappa shape index (κ1) is 17.1. The third-order valence-corrected chi connectivity index (χ3v) is 3.37. The number of rotatable bonds is 8. The van der Waals surface area contributed by atoms with E-state index in [-0.39, 0.29) is 12.0 Å². The van der Waals surface area contributed by atoms with Crippen molar-refractivity contribution in [2.75, 3.05) is 30.5 Å². The minimum atomic E-state index is 0.0121. The van der Waals surface area contributed by atoms with E-state index in [2.05, 4.69) is 20.3 Å². The summed E-state index contributed by atoms with van der Waals surface area (Å²) < 4.78 is 11.1. The van der Waals surface area contributed by atoms with E-state index in [1.54, 1.807) is 0 Å². The number of hydrogen-bond acceptors (Lipinski definition) is 8. The molecule has 0 aliphatic rings. The summed E-state index contributed by atoms with van der Waals surface area (Å²) in [6.45, 7) is 5.05. The minimum Gasteiger partial charge on any atom is -0.494 e. The summed E-state index contributed by atoms with van der Waals surface area (Å²) >= 11 is 1.41. The van der Waals surface area contributed by atoms with Crippen LogP contribution in [0.1, 0.15) is 13.8 Å². The normalized spacial score (nSPS) is 11.8. The topological polar surface area (TPSA) is 95.2 Å². The van der Waals surface area contributed by atoms with E-state index < -0.39 is 0 Å². The number of hydrogen-bond donors (Lipinski definition) is 2. The number of nitrogens with two attached hydrogens (primary N) is 1. The Kier molecular flexibility index (Phi) is 6.28. The number of aromatic nitrogens is 3. The van der Waals surface area contributed by atoms with E-state index in [1.165, 1.54) is 11.8 Å². The highest BCUT2D eigenvalue weighted by atomic mass is 32.2. The average molecular weight is 335 g/mol. The molecule has 1 aromatic carbocycles. The molecule has 0 aliphatic heterocycles. The maximum Gasteiger partial charge on any atom is 0.228 e. The van der Waals surface area contributed by atoms with Crippen molar-refractivity contribution in [1.82, 2.24) is 15.0 Å². The standard InChI is InChI=1S/C15H21N5O2S/c1-4-21-11-5-7-12(8-6-11)22-9-10(2)17-14-18-13(16)19-15(20-14)23-3/h5-8,10H,4,9H2,1-3H3,(H3,16,17,18,19,20). The Morgan fingerprint density at radius 3 is 2.39 bits per heavy atom. The van der Waals surface area contributed by atoms with Crippen LogP contribution in [-0.2, 0) is 0 Å². The number of nitrogens with zero attached hydrogens (tertiary/aromatic N) is 3. The van der Waals surface area contributed by atoms with Gasteiger partial charge >= 0.3 is 0 Å². The molecule has 7 nitrogen and oxygen atoms in total. The van der Waals surface area contributed by atoms with Gasteiger partial charge in [0, 0.05) is 0 Å². The van der Waals surface area contributed by atoms with Crippen molar-refractivity contribution in [3.05, 3.63) is 24.3 Å². The molecule has 0 aliphatic carbocycles. The van der Waals surface area contributed by atoms with Gasteiger partial charge in [0.2, 0.25) is 11.9 Å². The van der Waals surface area contributed by atoms with E-state index >= 15 is 0 Å². The number of nitrogens with one attached hydrogen (secondary N) is 1. The van der Waals surface area contributed by atoms with Gasteiger partial charge in [-0.2, -0.15) is 15.0 Å². The molecule has 0 radical (unpaired) electrons. The predicted octanol–water partition coefficient (Wildman–Crippen LogP) is 2.45. The van der Waals surface area contributed by atoms with Crippen molar-refractivity contribution >= 4 is 23.7 Å². The summed E-state index contributed by atoms with van der Waals surface area (Å²) in [6, 6.07) is 7.54. The lowest BCUT2D eigenvalue weighted by molar-refractivity contribution is 0.301. The fourth-order valence-electron chi connectivity index (χ4n) is 1.81. The van der Waals surface area contributed by atoms with Crippen molar-refractivity contribution in [2.24, 2.45) is 0 Å². The second kappa shape index (κ2) is 8.42. The van der Waals surface area contributed by atoms with Gasteiger partial charge in [0.15, 0.2) is 5.16 Å². The highest BCUT2D eigenvalue weighted by molar-refractivity contribution is 7.98. The third kappa shape index (κ3) is 5.48. The SMILES string of the molecule is CCOc1ccc(OCC(C)Nc2nc(N)nc(SC)n2)cc1. The van der Waals surface area contributed by atoms with Gasteiger partial charge in [-0.3, -0.25) is 0 Å². The Hall–Kier alpha value is -2.22. The Bertz CT molecular complexity index is 624. The Labute approximate surface area is 140 Å². The first-order valence-electron chi connectivity index (χ1n) is 7.28. The van der Waals surface area contributed by atoms with Crippen LogP contribution in [0.2, 0.25) is 0 Å². The summed E-state index contributed by atoms with van der Waals surface area (Å²) in [5, 5.41) is 3.74. The molecule has 0 amide bonds. The van der Waals surface area contributed by atoms with Gasteiger partial charge in [-0.25, -0.2) is 0 Å². The summed E-state index contributed by atoms with van der Waals surface area (Å²) in [4.78, 5) is 12.3. The number of anilines is 2. The molecule has 2 aromatic rings.